The van der Waals surface area contributed by atoms with E-state index >= 15 is 0 Å². The van der Waals surface area contributed by atoms with Gasteiger partial charge in [-0.3, -0.25) is 9.69 Å². The lowest BCUT2D eigenvalue weighted by Gasteiger charge is -2.23. The van der Waals surface area contributed by atoms with Crippen molar-refractivity contribution in [2.75, 3.05) is 27.2 Å². The SMILES string of the molecule is CN(C)[C@@H](C(=O)NCCOCc1ccccc1)c1ccccc1. The minimum absolute atomic E-state index is 0.00971. The number of nitrogens with zero attached hydrogens (tertiary/aromatic N) is 1. The Morgan fingerprint density at radius 3 is 2.26 bits per heavy atom. The van der Waals surface area contributed by atoms with Crippen LogP contribution in [0.4, 0.5) is 0 Å². The number of hydrogen-bond acceptors (Lipinski definition) is 3. The first-order chi connectivity index (χ1) is 11.2. The van der Waals surface area contributed by atoms with Gasteiger partial charge in [0.25, 0.3) is 0 Å². The van der Waals surface area contributed by atoms with Gasteiger partial charge in [0.1, 0.15) is 6.04 Å². The average Bonchev–Trinajstić information content (AvgIpc) is 2.56. The molecule has 1 N–H and O–H groups in total. The number of rotatable bonds is 8. The van der Waals surface area contributed by atoms with Gasteiger partial charge in [-0.05, 0) is 25.2 Å². The number of hydrogen-bond donors (Lipinski definition) is 1. The van der Waals surface area contributed by atoms with Crippen LogP contribution >= 0.6 is 0 Å². The van der Waals surface area contributed by atoms with E-state index in [4.69, 9.17) is 4.74 Å². The Balaban J connectivity index is 1.76. The fourth-order valence-electron chi connectivity index (χ4n) is 2.43. The summed E-state index contributed by atoms with van der Waals surface area (Å²) in [4.78, 5) is 14.3. The van der Waals surface area contributed by atoms with Gasteiger partial charge in [-0.15, -0.1) is 0 Å². The van der Waals surface area contributed by atoms with Crippen LogP contribution in [0.25, 0.3) is 0 Å². The monoisotopic (exact) mass is 312 g/mol. The molecular weight excluding hydrogens is 288 g/mol. The average molecular weight is 312 g/mol. The van der Waals surface area contributed by atoms with Gasteiger partial charge in [0.15, 0.2) is 0 Å². The zero-order valence-corrected chi connectivity index (χ0v) is 13.7. The smallest absolute Gasteiger partial charge is 0.242 e. The third-order valence-corrected chi connectivity index (χ3v) is 3.54. The van der Waals surface area contributed by atoms with Crippen LogP contribution in [-0.2, 0) is 16.1 Å². The second-order valence-corrected chi connectivity index (χ2v) is 5.61. The van der Waals surface area contributed by atoms with Gasteiger partial charge in [0, 0.05) is 6.54 Å². The summed E-state index contributed by atoms with van der Waals surface area (Å²) >= 11 is 0. The van der Waals surface area contributed by atoms with Crippen molar-refractivity contribution in [3.8, 4) is 0 Å². The summed E-state index contributed by atoms with van der Waals surface area (Å²) in [5, 5.41) is 2.94. The molecule has 0 aliphatic heterocycles. The molecule has 0 aliphatic rings. The Labute approximate surface area is 138 Å². The fraction of sp³-hybridized carbons (Fsp3) is 0.316. The summed E-state index contributed by atoms with van der Waals surface area (Å²) in [6.07, 6.45) is 0. The van der Waals surface area contributed by atoms with Gasteiger partial charge < -0.3 is 10.1 Å². The van der Waals surface area contributed by atoms with E-state index in [1.807, 2.05) is 79.7 Å². The second-order valence-electron chi connectivity index (χ2n) is 5.61. The molecule has 4 nitrogen and oxygen atoms in total. The molecule has 2 aromatic rings. The highest BCUT2D eigenvalue weighted by Gasteiger charge is 2.21. The van der Waals surface area contributed by atoms with Crippen LogP contribution in [0, 0.1) is 0 Å². The molecule has 0 aliphatic carbocycles. The van der Waals surface area contributed by atoms with Gasteiger partial charge in [-0.2, -0.15) is 0 Å². The quantitative estimate of drug-likeness (QED) is 0.762. The van der Waals surface area contributed by atoms with Crippen molar-refractivity contribution in [3.05, 3.63) is 71.8 Å². The molecule has 0 bridgehead atoms. The molecule has 1 atom stereocenters. The zero-order chi connectivity index (χ0) is 16.5. The first kappa shape index (κ1) is 17.2. The molecule has 4 heteroatoms. The largest absolute Gasteiger partial charge is 0.375 e. The Morgan fingerprint density at radius 2 is 1.65 bits per heavy atom. The number of carbonyl (C=O) groups excluding carboxylic acids is 1. The lowest BCUT2D eigenvalue weighted by atomic mass is 10.1. The minimum Gasteiger partial charge on any atom is -0.375 e. The first-order valence-corrected chi connectivity index (χ1v) is 7.79. The minimum atomic E-state index is -0.287. The Morgan fingerprint density at radius 1 is 1.04 bits per heavy atom. The molecule has 122 valence electrons. The maximum atomic E-state index is 12.4. The third-order valence-electron chi connectivity index (χ3n) is 3.54. The van der Waals surface area contributed by atoms with E-state index in [1.54, 1.807) is 0 Å². The molecule has 0 aromatic heterocycles. The summed E-state index contributed by atoms with van der Waals surface area (Å²) in [7, 11) is 3.81. The normalized spacial score (nSPS) is 12.1. The van der Waals surface area contributed by atoms with E-state index in [9.17, 15) is 4.79 Å². The van der Waals surface area contributed by atoms with Crippen LogP contribution in [0.2, 0.25) is 0 Å². The Bertz CT molecular complexity index is 585. The lowest BCUT2D eigenvalue weighted by Crippen LogP contribution is -2.38. The van der Waals surface area contributed by atoms with E-state index in [1.165, 1.54) is 0 Å². The topological polar surface area (TPSA) is 41.6 Å². The molecule has 0 saturated carbocycles. The van der Waals surface area contributed by atoms with E-state index in [0.717, 1.165) is 11.1 Å². The number of likely N-dealkylation sites (N-methyl/N-ethyl adjacent to an activating group) is 1. The van der Waals surface area contributed by atoms with Crippen molar-refractivity contribution >= 4 is 5.91 Å². The van der Waals surface area contributed by atoms with Crippen LogP contribution in [0.15, 0.2) is 60.7 Å². The molecule has 0 spiro atoms. The van der Waals surface area contributed by atoms with Gasteiger partial charge in [0.2, 0.25) is 5.91 Å². The molecule has 23 heavy (non-hydrogen) atoms. The second kappa shape index (κ2) is 9.08. The summed E-state index contributed by atoms with van der Waals surface area (Å²) in [5.41, 5.74) is 2.12. The molecule has 0 heterocycles. The molecule has 2 rings (SSSR count). The number of nitrogens with one attached hydrogen (secondary N) is 1. The van der Waals surface area contributed by atoms with Crippen molar-refractivity contribution < 1.29 is 9.53 Å². The molecule has 2 aromatic carbocycles. The summed E-state index contributed by atoms with van der Waals surface area (Å²) < 4.78 is 5.59. The highest BCUT2D eigenvalue weighted by Crippen LogP contribution is 2.17. The summed E-state index contributed by atoms with van der Waals surface area (Å²) in [5.74, 6) is -0.00971. The van der Waals surface area contributed by atoms with Crippen LogP contribution in [0.3, 0.4) is 0 Å². The number of carbonyl (C=O) groups is 1. The van der Waals surface area contributed by atoms with E-state index < -0.39 is 0 Å². The van der Waals surface area contributed by atoms with Gasteiger partial charge in [0.05, 0.1) is 13.2 Å². The van der Waals surface area contributed by atoms with Crippen molar-refractivity contribution in [2.45, 2.75) is 12.6 Å². The molecule has 0 unspecified atom stereocenters. The highest BCUT2D eigenvalue weighted by atomic mass is 16.5. The lowest BCUT2D eigenvalue weighted by molar-refractivity contribution is -0.126. The highest BCUT2D eigenvalue weighted by molar-refractivity contribution is 5.83. The number of ether oxygens (including phenoxy) is 1. The van der Waals surface area contributed by atoms with Gasteiger partial charge in [-0.25, -0.2) is 0 Å². The predicted molar refractivity (Wildman–Crippen MR) is 92.0 cm³/mol. The zero-order valence-electron chi connectivity index (χ0n) is 13.7. The molecule has 0 saturated heterocycles. The molecule has 1 amide bonds. The maximum absolute atomic E-state index is 12.4. The first-order valence-electron chi connectivity index (χ1n) is 7.79. The van der Waals surface area contributed by atoms with Crippen LogP contribution in [0.5, 0.6) is 0 Å². The molecule has 0 radical (unpaired) electrons. The fourth-order valence-corrected chi connectivity index (χ4v) is 2.43. The van der Waals surface area contributed by atoms with Gasteiger partial charge >= 0.3 is 0 Å². The third kappa shape index (κ3) is 5.51. The maximum Gasteiger partial charge on any atom is 0.242 e. The van der Waals surface area contributed by atoms with E-state index in [-0.39, 0.29) is 11.9 Å². The van der Waals surface area contributed by atoms with E-state index in [0.29, 0.717) is 19.8 Å². The Kier molecular flexibility index (Phi) is 6.78. The summed E-state index contributed by atoms with van der Waals surface area (Å²) in [6, 6.07) is 19.5. The van der Waals surface area contributed by atoms with Crippen LogP contribution in [0.1, 0.15) is 17.2 Å². The number of benzene rings is 2. The van der Waals surface area contributed by atoms with Crippen molar-refractivity contribution in [1.29, 1.82) is 0 Å². The van der Waals surface area contributed by atoms with Crippen molar-refractivity contribution in [1.82, 2.24) is 10.2 Å². The standard InChI is InChI=1S/C19H24N2O2/c1-21(2)18(17-11-7-4-8-12-17)19(22)20-13-14-23-15-16-9-5-3-6-10-16/h3-12,18H,13-15H2,1-2H3,(H,20,22)/t18-/m1/s1. The van der Waals surface area contributed by atoms with Crippen LogP contribution < -0.4 is 5.32 Å². The van der Waals surface area contributed by atoms with Crippen molar-refractivity contribution in [2.24, 2.45) is 0 Å². The summed E-state index contributed by atoms with van der Waals surface area (Å²) in [6.45, 7) is 1.56. The predicted octanol–water partition coefficient (Wildman–Crippen LogP) is 2.62. The van der Waals surface area contributed by atoms with Crippen molar-refractivity contribution in [3.63, 3.8) is 0 Å². The van der Waals surface area contributed by atoms with E-state index in [2.05, 4.69) is 5.32 Å². The van der Waals surface area contributed by atoms with Gasteiger partial charge in [-0.1, -0.05) is 60.7 Å². The molecule has 0 fully saturated rings. The number of amides is 1. The molecular formula is C19H24N2O2. The Hall–Kier alpha value is -2.17. The van der Waals surface area contributed by atoms with Crippen LogP contribution in [-0.4, -0.2) is 38.1 Å².